The minimum Gasteiger partial charge on any atom is -0.490 e. The van der Waals surface area contributed by atoms with Gasteiger partial charge in [-0.05, 0) is 29.3 Å². The topological polar surface area (TPSA) is 59.7 Å². The fourth-order valence-electron chi connectivity index (χ4n) is 5.83. The summed E-state index contributed by atoms with van der Waals surface area (Å²) in [5.41, 5.74) is 4.26. The number of pyridine rings is 1. The number of esters is 2. The number of nitrogens with zero attached hydrogens (tertiary/aromatic N) is 2. The van der Waals surface area contributed by atoms with Gasteiger partial charge >= 0.3 is 5.97 Å². The first kappa shape index (κ1) is 31.0. The quantitative estimate of drug-likeness (QED) is 0.0753. The average Bonchev–Trinajstić information content (AvgIpc) is 3.37. The van der Waals surface area contributed by atoms with Crippen LogP contribution in [-0.4, -0.2) is 40.3 Å². The molecule has 6 aromatic rings. The van der Waals surface area contributed by atoms with E-state index in [-0.39, 0.29) is 11.3 Å². The van der Waals surface area contributed by atoms with Gasteiger partial charge in [0, 0.05) is 42.0 Å². The van der Waals surface area contributed by atoms with Crippen LogP contribution in [0, 0.1) is 0 Å². The number of anilines is 1. The van der Waals surface area contributed by atoms with Gasteiger partial charge < -0.3 is 14.4 Å². The maximum Gasteiger partial charge on any atom is 0.379 e. The highest BCUT2D eigenvalue weighted by Gasteiger charge is 2.32. The molecule has 1 aromatic heterocycles. The van der Waals surface area contributed by atoms with Gasteiger partial charge in [0.1, 0.15) is 0 Å². The average molecular weight is 650 g/mol. The van der Waals surface area contributed by atoms with Crippen LogP contribution in [0.15, 0.2) is 97.2 Å². The zero-order valence-electron chi connectivity index (χ0n) is 25.7. The predicted octanol–water partition coefficient (Wildman–Crippen LogP) is 8.41. The van der Waals surface area contributed by atoms with Gasteiger partial charge in [-0.1, -0.05) is 123 Å². The van der Waals surface area contributed by atoms with Crippen LogP contribution < -0.4 is 9.47 Å². The lowest BCUT2D eigenvalue weighted by atomic mass is 9.99. The Hall–Kier alpha value is -5.04. The third-order valence-electron chi connectivity index (χ3n) is 8.03. The molecule has 0 fully saturated rings. The van der Waals surface area contributed by atoms with E-state index in [1.165, 1.54) is 14.2 Å². The van der Waals surface area contributed by atoms with Crippen LogP contribution in [0.5, 0.6) is 0 Å². The van der Waals surface area contributed by atoms with Gasteiger partial charge in [-0.25, -0.2) is 4.79 Å². The number of ether oxygens (including phenoxy) is 2. The van der Waals surface area contributed by atoms with Crippen LogP contribution >= 0.6 is 23.2 Å². The molecule has 46 heavy (non-hydrogen) atoms. The van der Waals surface area contributed by atoms with Crippen LogP contribution in [0.4, 0.5) is 5.69 Å². The Bertz CT molecular complexity index is 2150. The SMILES string of the molecule is COC(=O)/C(=C(/C(=O)OC)[n+]1ccc(/C=C/c2ccc(N(C)C)cc2)c2ccccc21)[c-]1c2cc(Cl)ccc2c2ccc(Cl)cc21. The zero-order valence-corrected chi connectivity index (χ0v) is 27.2. The maximum absolute atomic E-state index is 13.8. The molecule has 0 amide bonds. The molecular weight excluding hydrogens is 619 g/mol. The first-order chi connectivity index (χ1) is 22.2. The van der Waals surface area contributed by atoms with Crippen molar-refractivity contribution in [2.45, 2.75) is 0 Å². The number of hydrogen-bond donors (Lipinski definition) is 0. The first-order valence-electron chi connectivity index (χ1n) is 14.5. The second-order valence-corrected chi connectivity index (χ2v) is 11.8. The molecule has 1 heterocycles. The molecule has 0 aliphatic carbocycles. The number of aromatic nitrogens is 1. The molecule has 6 nitrogen and oxygen atoms in total. The number of para-hydroxylation sites is 1. The van der Waals surface area contributed by atoms with Crippen molar-refractivity contribution in [1.82, 2.24) is 0 Å². The van der Waals surface area contributed by atoms with E-state index in [4.69, 9.17) is 32.7 Å². The van der Waals surface area contributed by atoms with Gasteiger partial charge in [0.15, 0.2) is 6.20 Å². The maximum atomic E-state index is 13.8. The van der Waals surface area contributed by atoms with Crippen LogP contribution in [0.25, 0.3) is 55.9 Å². The lowest BCUT2D eigenvalue weighted by molar-refractivity contribution is -0.548. The summed E-state index contributed by atoms with van der Waals surface area (Å²) < 4.78 is 12.3. The highest BCUT2D eigenvalue weighted by Crippen LogP contribution is 2.42. The molecule has 230 valence electrons. The van der Waals surface area contributed by atoms with Gasteiger partial charge in [-0.15, -0.1) is 0 Å². The minimum atomic E-state index is -0.716. The standard InChI is InChI=1S/C38H30Cl2N2O4/c1-41(2)27-15-10-23(11-16-27)9-12-24-19-20-42(33-8-6-5-7-28(24)33)36(38(44)46-4)35(37(43)45-3)34-31-21-25(39)13-17-29(31)30-18-14-26(40)22-32(30)34/h5-22H,1-4H3/b36-35-. The molecule has 0 spiro atoms. The van der Waals surface area contributed by atoms with E-state index in [0.29, 0.717) is 31.9 Å². The van der Waals surface area contributed by atoms with Crippen molar-refractivity contribution in [1.29, 1.82) is 0 Å². The monoisotopic (exact) mass is 648 g/mol. The summed E-state index contributed by atoms with van der Waals surface area (Å²) in [4.78, 5) is 29.7. The largest absolute Gasteiger partial charge is 0.490 e. The van der Waals surface area contributed by atoms with Crippen molar-refractivity contribution in [3.8, 4) is 0 Å². The number of benzene rings is 4. The smallest absolute Gasteiger partial charge is 0.379 e. The van der Waals surface area contributed by atoms with Gasteiger partial charge in [-0.2, -0.15) is 4.57 Å². The summed E-state index contributed by atoms with van der Waals surface area (Å²) in [5, 5.41) is 4.87. The van der Waals surface area contributed by atoms with Crippen molar-refractivity contribution >= 4 is 96.7 Å². The van der Waals surface area contributed by atoms with E-state index >= 15 is 0 Å². The Labute approximate surface area is 276 Å². The minimum absolute atomic E-state index is 0.00546. The molecule has 5 aromatic carbocycles. The molecule has 0 bridgehead atoms. The van der Waals surface area contributed by atoms with E-state index in [1.54, 1.807) is 35.0 Å². The van der Waals surface area contributed by atoms with Crippen LogP contribution in [-0.2, 0) is 19.1 Å². The van der Waals surface area contributed by atoms with Gasteiger partial charge in [0.25, 0.3) is 11.7 Å². The zero-order chi connectivity index (χ0) is 32.5. The molecule has 8 heteroatoms. The summed E-state index contributed by atoms with van der Waals surface area (Å²) in [5.74, 6) is -1.43. The highest BCUT2D eigenvalue weighted by molar-refractivity contribution is 6.40. The Balaban J connectivity index is 1.64. The number of fused-ring (bicyclic) bond motifs is 4. The van der Waals surface area contributed by atoms with Crippen molar-refractivity contribution < 1.29 is 23.6 Å². The number of carbonyl (C=O) groups is 2. The number of hydrogen-bond acceptors (Lipinski definition) is 5. The number of methoxy groups -OCH3 is 2. The number of halogens is 2. The van der Waals surface area contributed by atoms with Gasteiger partial charge in [-0.3, -0.25) is 4.79 Å². The van der Waals surface area contributed by atoms with Gasteiger partial charge in [0.2, 0.25) is 5.52 Å². The van der Waals surface area contributed by atoms with E-state index in [9.17, 15) is 9.59 Å². The molecule has 0 unspecified atom stereocenters. The predicted molar refractivity (Wildman–Crippen MR) is 188 cm³/mol. The van der Waals surface area contributed by atoms with Crippen LogP contribution in [0.1, 0.15) is 16.7 Å². The fraction of sp³-hybridized carbons (Fsp3) is 0.105. The van der Waals surface area contributed by atoms with E-state index in [2.05, 4.69) is 29.2 Å². The van der Waals surface area contributed by atoms with Crippen molar-refractivity contribution in [2.24, 2.45) is 0 Å². The normalized spacial score (nSPS) is 12.1. The lowest BCUT2D eigenvalue weighted by Crippen LogP contribution is -2.39. The lowest BCUT2D eigenvalue weighted by Gasteiger charge is -2.16. The molecule has 0 aliphatic rings. The summed E-state index contributed by atoms with van der Waals surface area (Å²) >= 11 is 13.0. The molecule has 0 saturated heterocycles. The first-order valence-corrected chi connectivity index (χ1v) is 15.2. The molecule has 0 atom stereocenters. The van der Waals surface area contributed by atoms with Crippen molar-refractivity contribution in [3.05, 3.63) is 124 Å². The van der Waals surface area contributed by atoms with Crippen molar-refractivity contribution in [2.75, 3.05) is 33.2 Å². The summed E-state index contributed by atoms with van der Waals surface area (Å²) in [6, 6.07) is 28.7. The third-order valence-corrected chi connectivity index (χ3v) is 8.50. The number of carbonyl (C=O) groups excluding carboxylic acids is 2. The Morgan fingerprint density at radius 2 is 1.35 bits per heavy atom. The molecule has 0 aliphatic heterocycles. The van der Waals surface area contributed by atoms with E-state index < -0.39 is 11.9 Å². The third kappa shape index (κ3) is 5.62. The number of rotatable bonds is 7. The van der Waals surface area contributed by atoms with Crippen LogP contribution in [0.2, 0.25) is 10.0 Å². The Morgan fingerprint density at radius 1 is 0.739 bits per heavy atom. The molecule has 0 radical (unpaired) electrons. The van der Waals surface area contributed by atoms with E-state index in [0.717, 1.165) is 33.0 Å². The van der Waals surface area contributed by atoms with Crippen molar-refractivity contribution in [3.63, 3.8) is 0 Å². The Morgan fingerprint density at radius 3 is 1.93 bits per heavy atom. The highest BCUT2D eigenvalue weighted by atomic mass is 35.5. The molecule has 6 rings (SSSR count). The van der Waals surface area contributed by atoms with Crippen LogP contribution in [0.3, 0.4) is 0 Å². The second-order valence-electron chi connectivity index (χ2n) is 10.9. The molecular formula is C38H30Cl2N2O4. The summed E-state index contributed by atoms with van der Waals surface area (Å²) in [6.45, 7) is 0. The summed E-state index contributed by atoms with van der Waals surface area (Å²) in [7, 11) is 6.58. The van der Waals surface area contributed by atoms with E-state index in [1.807, 2.05) is 68.7 Å². The Kier molecular flexibility index (Phi) is 8.59. The summed E-state index contributed by atoms with van der Waals surface area (Å²) in [6.07, 6.45) is 5.83. The van der Waals surface area contributed by atoms with Gasteiger partial charge in [0.05, 0.1) is 25.2 Å². The fourth-order valence-corrected chi connectivity index (χ4v) is 6.17. The second kappa shape index (κ2) is 12.8. The molecule has 0 saturated carbocycles. The molecule has 0 N–H and O–H groups in total.